The number of hydrogen-bond donors (Lipinski definition) is 0. The van der Waals surface area contributed by atoms with Crippen molar-refractivity contribution in [2.24, 2.45) is 0 Å². The molecule has 0 N–H and O–H groups in total. The summed E-state index contributed by atoms with van der Waals surface area (Å²) >= 11 is 0. The van der Waals surface area contributed by atoms with E-state index in [4.69, 9.17) is 0 Å². The number of para-hydroxylation sites is 1. The molecule has 32 heavy (non-hydrogen) atoms. The van der Waals surface area contributed by atoms with Crippen LogP contribution in [0.4, 0.5) is 0 Å². The van der Waals surface area contributed by atoms with Crippen molar-refractivity contribution in [1.82, 2.24) is 4.57 Å². The zero-order valence-electron chi connectivity index (χ0n) is 17.5. The van der Waals surface area contributed by atoms with Gasteiger partial charge < -0.3 is 0 Å². The lowest BCUT2D eigenvalue weighted by Gasteiger charge is -2.08. The first-order valence-electron chi connectivity index (χ1n) is 11.1. The van der Waals surface area contributed by atoms with Crippen molar-refractivity contribution >= 4 is 23.1 Å². The molecule has 2 aliphatic carbocycles. The molecule has 1 heterocycles. The van der Waals surface area contributed by atoms with Gasteiger partial charge >= 0.3 is 0 Å². The second-order valence-electron chi connectivity index (χ2n) is 8.55. The van der Waals surface area contributed by atoms with Gasteiger partial charge in [0.1, 0.15) is 17.7 Å². The third-order valence-electron chi connectivity index (χ3n) is 6.76. The molecule has 1 nitrogen and oxygen atoms in total. The predicted molar refractivity (Wildman–Crippen MR) is 134 cm³/mol. The van der Waals surface area contributed by atoms with E-state index < -0.39 is 0 Å². The maximum Gasteiger partial charge on any atom is 0.166 e. The average Bonchev–Trinajstić information content (AvgIpc) is 3.39. The van der Waals surface area contributed by atoms with Gasteiger partial charge in [-0.3, -0.25) is 4.57 Å². The van der Waals surface area contributed by atoms with E-state index in [1.807, 2.05) is 6.08 Å². The van der Waals surface area contributed by atoms with Crippen LogP contribution in [-0.2, 0) is 6.42 Å². The molecule has 148 valence electrons. The van der Waals surface area contributed by atoms with Crippen molar-refractivity contribution in [3.8, 4) is 27.9 Å². The van der Waals surface area contributed by atoms with Crippen LogP contribution >= 0.6 is 0 Å². The maximum absolute atomic E-state index is 3.27. The van der Waals surface area contributed by atoms with Gasteiger partial charge in [0.05, 0.1) is 17.3 Å². The quantitative estimate of drug-likeness (QED) is 0.260. The standard InChI is InChI=1S/C31H20N/c1-2-9-25(10-3-1)32-30-13-7-6-12-27(30)29-20-22(16-17-31(29)32)21-14-15-24-18-23-8-4-5-11-26(23)28(24)19-21/h1-6,8-17,19-20H,18H2/q+1. The minimum Gasteiger partial charge on any atom is -0.256 e. The molecule has 0 spiro atoms. The molecular weight excluding hydrogens is 386 g/mol. The van der Waals surface area contributed by atoms with Gasteiger partial charge in [-0.05, 0) is 70.1 Å². The van der Waals surface area contributed by atoms with Crippen LogP contribution in [0.25, 0.3) is 51.0 Å². The van der Waals surface area contributed by atoms with E-state index in [1.54, 1.807) is 0 Å². The number of hydrogen-bond acceptors (Lipinski definition) is 0. The Hall–Kier alpha value is -4.19. The summed E-state index contributed by atoms with van der Waals surface area (Å²) in [5, 5.41) is 1.27. The summed E-state index contributed by atoms with van der Waals surface area (Å²) in [4.78, 5) is 0. The molecular formula is C31H20N+. The summed E-state index contributed by atoms with van der Waals surface area (Å²) in [5.74, 6) is 0. The maximum atomic E-state index is 3.27. The molecule has 0 atom stereocenters. The molecule has 0 bridgehead atoms. The molecule has 5 aromatic rings. The second kappa shape index (κ2) is 6.65. The highest BCUT2D eigenvalue weighted by molar-refractivity contribution is 5.99. The molecule has 0 amide bonds. The highest BCUT2D eigenvalue weighted by Crippen LogP contribution is 2.40. The van der Waals surface area contributed by atoms with Gasteiger partial charge in [0, 0.05) is 11.5 Å². The Balaban J connectivity index is 1.43. The van der Waals surface area contributed by atoms with Crippen molar-refractivity contribution in [3.05, 3.63) is 126 Å². The Kier molecular flexibility index (Phi) is 3.64. The van der Waals surface area contributed by atoms with Crippen molar-refractivity contribution < 1.29 is 0 Å². The predicted octanol–water partition coefficient (Wildman–Crippen LogP) is 7.71. The fourth-order valence-electron chi connectivity index (χ4n) is 5.25. The summed E-state index contributed by atoms with van der Waals surface area (Å²) in [6.45, 7) is 0. The number of aromatic nitrogens is 1. The summed E-state index contributed by atoms with van der Waals surface area (Å²) in [5.41, 5.74) is 13.0. The van der Waals surface area contributed by atoms with Crippen molar-refractivity contribution in [2.75, 3.05) is 0 Å². The lowest BCUT2D eigenvalue weighted by Crippen LogP contribution is -1.97. The van der Waals surface area contributed by atoms with Gasteiger partial charge in [-0.15, -0.1) is 0 Å². The summed E-state index contributed by atoms with van der Waals surface area (Å²) in [6.07, 6.45) is 10.6. The van der Waals surface area contributed by atoms with Crippen LogP contribution < -0.4 is 0 Å². The van der Waals surface area contributed by atoms with E-state index in [2.05, 4.69) is 114 Å². The van der Waals surface area contributed by atoms with Crippen LogP contribution in [0.15, 0.2) is 97.1 Å². The number of rotatable bonds is 2. The highest BCUT2D eigenvalue weighted by Gasteiger charge is 2.24. The lowest BCUT2D eigenvalue weighted by atomic mass is 9.97. The SMILES string of the molecule is [C+]1=Cc2c(c3cc(-c4ccc5c(c4)-c4ccccc4C5)ccc3n2-c2ccccc2)C=C1. The molecule has 0 aliphatic heterocycles. The number of benzene rings is 4. The Bertz CT molecular complexity index is 1580. The second-order valence-corrected chi connectivity index (χ2v) is 8.55. The minimum atomic E-state index is 1.03. The van der Waals surface area contributed by atoms with Crippen LogP contribution in [0.2, 0.25) is 0 Å². The van der Waals surface area contributed by atoms with Crippen LogP contribution in [0.5, 0.6) is 0 Å². The van der Waals surface area contributed by atoms with Crippen LogP contribution in [-0.4, -0.2) is 4.57 Å². The third-order valence-corrected chi connectivity index (χ3v) is 6.76. The fourth-order valence-corrected chi connectivity index (χ4v) is 5.25. The summed E-state index contributed by atoms with van der Waals surface area (Å²) < 4.78 is 2.34. The molecule has 0 saturated carbocycles. The molecule has 0 radical (unpaired) electrons. The zero-order chi connectivity index (χ0) is 21.1. The molecule has 4 aromatic carbocycles. The van der Waals surface area contributed by atoms with Gasteiger partial charge in [-0.2, -0.15) is 0 Å². The van der Waals surface area contributed by atoms with E-state index in [0.29, 0.717) is 0 Å². The first-order chi connectivity index (χ1) is 15.9. The smallest absolute Gasteiger partial charge is 0.166 e. The molecule has 7 rings (SSSR count). The normalized spacial score (nSPS) is 13.0. The van der Waals surface area contributed by atoms with Crippen molar-refractivity contribution in [3.63, 3.8) is 0 Å². The Morgan fingerprint density at radius 2 is 1.47 bits per heavy atom. The van der Waals surface area contributed by atoms with Crippen LogP contribution in [0.3, 0.4) is 0 Å². The Morgan fingerprint density at radius 3 is 2.41 bits per heavy atom. The number of allylic oxidation sites excluding steroid dienone is 2. The van der Waals surface area contributed by atoms with E-state index >= 15 is 0 Å². The van der Waals surface area contributed by atoms with E-state index in [0.717, 1.165) is 6.42 Å². The van der Waals surface area contributed by atoms with Gasteiger partial charge in [0.2, 0.25) is 0 Å². The van der Waals surface area contributed by atoms with Crippen LogP contribution in [0, 0.1) is 6.08 Å². The minimum absolute atomic E-state index is 1.03. The van der Waals surface area contributed by atoms with Gasteiger partial charge in [-0.1, -0.05) is 60.7 Å². The molecule has 0 fully saturated rings. The van der Waals surface area contributed by atoms with Crippen LogP contribution in [0.1, 0.15) is 22.4 Å². The number of fused-ring (bicyclic) bond motifs is 6. The summed E-state index contributed by atoms with van der Waals surface area (Å²) in [7, 11) is 0. The van der Waals surface area contributed by atoms with Gasteiger partial charge in [0.25, 0.3) is 0 Å². The fraction of sp³-hybridized carbons (Fsp3) is 0.0323. The lowest BCUT2D eigenvalue weighted by molar-refractivity contribution is 1.10. The van der Waals surface area contributed by atoms with E-state index in [1.165, 1.54) is 61.2 Å². The Labute approximate surface area is 187 Å². The highest BCUT2D eigenvalue weighted by atomic mass is 15.0. The van der Waals surface area contributed by atoms with E-state index in [9.17, 15) is 0 Å². The molecule has 0 saturated heterocycles. The van der Waals surface area contributed by atoms with Gasteiger partial charge in [-0.25, -0.2) is 0 Å². The first-order valence-corrected chi connectivity index (χ1v) is 11.1. The van der Waals surface area contributed by atoms with Gasteiger partial charge in [0.15, 0.2) is 5.69 Å². The molecule has 1 aromatic heterocycles. The van der Waals surface area contributed by atoms with Crippen molar-refractivity contribution in [1.29, 1.82) is 0 Å². The topological polar surface area (TPSA) is 4.93 Å². The molecule has 1 heteroatoms. The van der Waals surface area contributed by atoms with Crippen molar-refractivity contribution in [2.45, 2.75) is 6.42 Å². The van der Waals surface area contributed by atoms with E-state index in [-0.39, 0.29) is 0 Å². The Morgan fingerprint density at radius 1 is 0.688 bits per heavy atom. The molecule has 2 aliphatic rings. The zero-order valence-corrected chi connectivity index (χ0v) is 17.5. The monoisotopic (exact) mass is 406 g/mol. The third kappa shape index (κ3) is 2.49. The summed E-state index contributed by atoms with van der Waals surface area (Å²) in [6, 6.07) is 33.2. The average molecular weight is 407 g/mol. The molecule has 0 unspecified atom stereocenters. The number of nitrogens with zero attached hydrogens (tertiary/aromatic N) is 1. The first kappa shape index (κ1) is 17.5. The largest absolute Gasteiger partial charge is 0.256 e.